The fraction of sp³-hybridized carbons (Fsp3) is 0. The number of carbonyl (C=O) groups excluding carboxylic acids is 1. The molecular weight excluding hydrogens is 312 g/mol. The van der Waals surface area contributed by atoms with Gasteiger partial charge in [0.2, 0.25) is 0 Å². The van der Waals surface area contributed by atoms with Gasteiger partial charge in [0.15, 0.2) is 0 Å². The van der Waals surface area contributed by atoms with Gasteiger partial charge in [-0.2, -0.15) is 0 Å². The van der Waals surface area contributed by atoms with Gasteiger partial charge in [0.1, 0.15) is 17.2 Å². The molecule has 88 valence electrons. The van der Waals surface area contributed by atoms with Crippen LogP contribution in [0.5, 0.6) is 0 Å². The SMILES string of the molecule is O=C(Nc1ccc(Br)s1)c1c(F)cccc1F. The van der Waals surface area contributed by atoms with Crippen molar-refractivity contribution in [2.24, 2.45) is 0 Å². The summed E-state index contributed by atoms with van der Waals surface area (Å²) in [4.78, 5) is 11.7. The van der Waals surface area contributed by atoms with E-state index >= 15 is 0 Å². The Bertz CT molecular complexity index is 550. The normalized spacial score (nSPS) is 10.3. The number of rotatable bonds is 2. The summed E-state index contributed by atoms with van der Waals surface area (Å²) in [7, 11) is 0. The molecule has 0 saturated carbocycles. The van der Waals surface area contributed by atoms with E-state index in [2.05, 4.69) is 21.2 Å². The van der Waals surface area contributed by atoms with Gasteiger partial charge in [-0.05, 0) is 40.2 Å². The average molecular weight is 318 g/mol. The molecule has 0 aliphatic rings. The third-order valence-corrected chi connectivity index (χ3v) is 3.54. The predicted molar refractivity (Wildman–Crippen MR) is 66.3 cm³/mol. The highest BCUT2D eigenvalue weighted by molar-refractivity contribution is 9.11. The maximum atomic E-state index is 13.3. The summed E-state index contributed by atoms with van der Waals surface area (Å²) in [6, 6.07) is 6.68. The molecular formula is C11H6BrF2NOS. The Hall–Kier alpha value is -1.27. The first-order valence-corrected chi connectivity index (χ1v) is 6.19. The van der Waals surface area contributed by atoms with Gasteiger partial charge in [-0.15, -0.1) is 11.3 Å². The Labute approximate surface area is 108 Å². The highest BCUT2D eigenvalue weighted by Crippen LogP contribution is 2.27. The molecule has 0 aliphatic heterocycles. The molecule has 0 spiro atoms. The van der Waals surface area contributed by atoms with Crippen LogP contribution in [-0.4, -0.2) is 5.91 Å². The minimum atomic E-state index is -0.877. The molecule has 0 radical (unpaired) electrons. The summed E-state index contributed by atoms with van der Waals surface area (Å²) in [5.41, 5.74) is -0.572. The molecule has 0 aliphatic carbocycles. The Morgan fingerprint density at radius 3 is 2.35 bits per heavy atom. The van der Waals surface area contributed by atoms with Crippen LogP contribution in [0.2, 0.25) is 0 Å². The van der Waals surface area contributed by atoms with Gasteiger partial charge in [-0.25, -0.2) is 8.78 Å². The summed E-state index contributed by atoms with van der Waals surface area (Å²) in [6.07, 6.45) is 0. The lowest BCUT2D eigenvalue weighted by molar-refractivity contribution is 0.101. The number of hydrogen-bond donors (Lipinski definition) is 1. The van der Waals surface area contributed by atoms with Crippen LogP contribution in [0.1, 0.15) is 10.4 Å². The topological polar surface area (TPSA) is 29.1 Å². The first-order chi connectivity index (χ1) is 8.08. The molecule has 1 N–H and O–H groups in total. The second-order valence-corrected chi connectivity index (χ2v) is 5.62. The van der Waals surface area contributed by atoms with Crippen molar-refractivity contribution < 1.29 is 13.6 Å². The number of anilines is 1. The van der Waals surface area contributed by atoms with Crippen LogP contribution in [0.25, 0.3) is 0 Å². The fourth-order valence-corrected chi connectivity index (χ4v) is 2.55. The van der Waals surface area contributed by atoms with E-state index < -0.39 is 23.1 Å². The van der Waals surface area contributed by atoms with Crippen LogP contribution in [0.3, 0.4) is 0 Å². The molecule has 0 saturated heterocycles. The standard InChI is InChI=1S/C11H6BrF2NOS/c12-8-4-5-9(17-8)15-11(16)10-6(13)2-1-3-7(10)14/h1-5H,(H,15,16). The van der Waals surface area contributed by atoms with E-state index in [1.54, 1.807) is 12.1 Å². The van der Waals surface area contributed by atoms with Gasteiger partial charge in [-0.3, -0.25) is 4.79 Å². The highest BCUT2D eigenvalue weighted by atomic mass is 79.9. The molecule has 0 unspecified atom stereocenters. The molecule has 0 bridgehead atoms. The molecule has 0 atom stereocenters. The summed E-state index contributed by atoms with van der Waals surface area (Å²) in [5.74, 6) is -2.55. The molecule has 2 rings (SSSR count). The second kappa shape index (κ2) is 4.93. The smallest absolute Gasteiger partial charge is 0.262 e. The second-order valence-electron chi connectivity index (χ2n) is 3.15. The van der Waals surface area contributed by atoms with Crippen molar-refractivity contribution in [3.63, 3.8) is 0 Å². The molecule has 17 heavy (non-hydrogen) atoms. The lowest BCUT2D eigenvalue weighted by atomic mass is 10.2. The van der Waals surface area contributed by atoms with Gasteiger partial charge >= 0.3 is 0 Å². The van der Waals surface area contributed by atoms with Crippen LogP contribution >= 0.6 is 27.3 Å². The van der Waals surface area contributed by atoms with E-state index in [1.807, 2.05) is 0 Å². The lowest BCUT2D eigenvalue weighted by Crippen LogP contribution is -2.14. The maximum Gasteiger partial charge on any atom is 0.262 e. The van der Waals surface area contributed by atoms with Gasteiger partial charge in [0.05, 0.1) is 8.79 Å². The highest BCUT2D eigenvalue weighted by Gasteiger charge is 2.17. The van der Waals surface area contributed by atoms with E-state index in [9.17, 15) is 13.6 Å². The third-order valence-electron chi connectivity index (χ3n) is 2.00. The van der Waals surface area contributed by atoms with E-state index in [4.69, 9.17) is 0 Å². The Balaban J connectivity index is 2.26. The number of amides is 1. The minimum Gasteiger partial charge on any atom is -0.313 e. The molecule has 6 heteroatoms. The number of halogens is 3. The largest absolute Gasteiger partial charge is 0.313 e. The van der Waals surface area contributed by atoms with Crippen molar-refractivity contribution in [3.05, 3.63) is 51.3 Å². The molecule has 2 aromatic rings. The number of thiophene rings is 1. The van der Waals surface area contributed by atoms with E-state index in [1.165, 1.54) is 17.4 Å². The zero-order valence-corrected chi connectivity index (χ0v) is 10.7. The van der Waals surface area contributed by atoms with Crippen LogP contribution in [0, 0.1) is 11.6 Å². The maximum absolute atomic E-state index is 13.3. The summed E-state index contributed by atoms with van der Waals surface area (Å²) in [6.45, 7) is 0. The number of carbonyl (C=O) groups is 1. The van der Waals surface area contributed by atoms with Crippen molar-refractivity contribution in [2.75, 3.05) is 5.32 Å². The van der Waals surface area contributed by atoms with E-state index in [0.717, 1.165) is 15.9 Å². The zero-order valence-electron chi connectivity index (χ0n) is 8.34. The minimum absolute atomic E-state index is 0.518. The average Bonchev–Trinajstić information content (AvgIpc) is 2.63. The molecule has 1 aromatic heterocycles. The van der Waals surface area contributed by atoms with Crippen molar-refractivity contribution in [1.82, 2.24) is 0 Å². The van der Waals surface area contributed by atoms with Crippen LogP contribution in [0.4, 0.5) is 13.8 Å². The summed E-state index contributed by atoms with van der Waals surface area (Å²) < 4.78 is 27.4. The fourth-order valence-electron chi connectivity index (χ4n) is 1.27. The molecule has 1 amide bonds. The van der Waals surface area contributed by atoms with Crippen molar-refractivity contribution in [2.45, 2.75) is 0 Å². The Morgan fingerprint density at radius 1 is 1.18 bits per heavy atom. The van der Waals surface area contributed by atoms with E-state index in [-0.39, 0.29) is 0 Å². The lowest BCUT2D eigenvalue weighted by Gasteiger charge is -2.04. The van der Waals surface area contributed by atoms with Crippen LogP contribution in [0.15, 0.2) is 34.1 Å². The quantitative estimate of drug-likeness (QED) is 0.889. The van der Waals surface area contributed by atoms with Crippen molar-refractivity contribution in [3.8, 4) is 0 Å². The number of nitrogens with one attached hydrogen (secondary N) is 1. The first kappa shape index (κ1) is 12.2. The molecule has 2 nitrogen and oxygen atoms in total. The van der Waals surface area contributed by atoms with Gasteiger partial charge in [0.25, 0.3) is 5.91 Å². The van der Waals surface area contributed by atoms with Crippen molar-refractivity contribution >= 4 is 38.2 Å². The van der Waals surface area contributed by atoms with Gasteiger partial charge < -0.3 is 5.32 Å². The van der Waals surface area contributed by atoms with Gasteiger partial charge in [-0.1, -0.05) is 6.07 Å². The summed E-state index contributed by atoms with van der Waals surface area (Å²) in [5, 5.41) is 2.95. The predicted octanol–water partition coefficient (Wildman–Crippen LogP) is 4.04. The number of hydrogen-bond acceptors (Lipinski definition) is 2. The molecule has 1 aromatic carbocycles. The zero-order chi connectivity index (χ0) is 12.4. The summed E-state index contributed by atoms with van der Waals surface area (Å²) >= 11 is 4.49. The van der Waals surface area contributed by atoms with Crippen LogP contribution < -0.4 is 5.32 Å². The van der Waals surface area contributed by atoms with E-state index in [0.29, 0.717) is 5.00 Å². The number of benzene rings is 1. The van der Waals surface area contributed by atoms with Crippen molar-refractivity contribution in [1.29, 1.82) is 0 Å². The molecule has 0 fully saturated rings. The van der Waals surface area contributed by atoms with Gasteiger partial charge in [0, 0.05) is 0 Å². The monoisotopic (exact) mass is 317 g/mol. The molecule has 1 heterocycles. The third kappa shape index (κ3) is 2.70. The Morgan fingerprint density at radius 2 is 1.82 bits per heavy atom. The van der Waals surface area contributed by atoms with Crippen LogP contribution in [-0.2, 0) is 0 Å². The first-order valence-electron chi connectivity index (χ1n) is 4.58. The Kier molecular flexibility index (Phi) is 3.54.